The molecule has 1 saturated carbocycles. The molecule has 0 N–H and O–H groups in total. The van der Waals surface area contributed by atoms with Crippen LogP contribution in [0.2, 0.25) is 0 Å². The minimum absolute atomic E-state index is 0.0660. The van der Waals surface area contributed by atoms with Crippen molar-refractivity contribution in [3.05, 3.63) is 53.1 Å². The molecule has 1 atom stereocenters. The summed E-state index contributed by atoms with van der Waals surface area (Å²) >= 11 is 0. The Hall–Kier alpha value is -1.83. The highest BCUT2D eigenvalue weighted by molar-refractivity contribution is 5.47. The molecule has 1 fully saturated rings. The summed E-state index contributed by atoms with van der Waals surface area (Å²) in [4.78, 5) is 0. The quantitative estimate of drug-likeness (QED) is 0.623. The summed E-state index contributed by atoms with van der Waals surface area (Å²) in [7, 11) is 0. The monoisotopic (exact) mass is 349 g/mol. The standard InChI is InChI=1S/C24H33N2/c1-17-11-7-10-14-20(17)26-18(2)21-24(6,19-12-8-9-13-19)15-16-25(21)22(26)23(3,4)5/h7,10-11,14-16,19H,8-9,12-13H2,1-6H3/q+1. The van der Waals surface area contributed by atoms with Crippen LogP contribution in [-0.4, -0.2) is 4.57 Å². The lowest BCUT2D eigenvalue weighted by Gasteiger charge is -2.27. The van der Waals surface area contributed by atoms with Gasteiger partial charge in [0.25, 0.3) is 5.82 Å². The molecule has 0 amide bonds. The third-order valence-corrected chi connectivity index (χ3v) is 6.67. The van der Waals surface area contributed by atoms with E-state index in [4.69, 9.17) is 0 Å². The Morgan fingerprint density at radius 1 is 1.08 bits per heavy atom. The molecule has 2 heteroatoms. The zero-order valence-electron chi connectivity index (χ0n) is 17.3. The summed E-state index contributed by atoms with van der Waals surface area (Å²) in [6.07, 6.45) is 10.3. The molecule has 0 radical (unpaired) electrons. The van der Waals surface area contributed by atoms with E-state index in [1.54, 1.807) is 0 Å². The first-order valence-electron chi connectivity index (χ1n) is 10.2. The summed E-state index contributed by atoms with van der Waals surface area (Å²) in [5.74, 6) is 2.16. The lowest BCUT2D eigenvalue weighted by atomic mass is 9.74. The number of benzene rings is 1. The van der Waals surface area contributed by atoms with Crippen molar-refractivity contribution in [2.24, 2.45) is 5.92 Å². The van der Waals surface area contributed by atoms with Crippen LogP contribution in [0.5, 0.6) is 0 Å². The Balaban J connectivity index is 2.01. The third kappa shape index (κ3) is 2.41. The molecular weight excluding hydrogens is 316 g/mol. The molecule has 0 spiro atoms. The molecule has 0 saturated heterocycles. The molecule has 26 heavy (non-hydrogen) atoms. The minimum Gasteiger partial charge on any atom is -0.202 e. The Morgan fingerprint density at radius 2 is 1.73 bits per heavy atom. The van der Waals surface area contributed by atoms with Gasteiger partial charge in [0, 0.05) is 6.92 Å². The van der Waals surface area contributed by atoms with E-state index < -0.39 is 0 Å². The molecular formula is C24H33N2+. The van der Waals surface area contributed by atoms with Crippen LogP contribution in [0.25, 0.3) is 11.9 Å². The summed E-state index contributed by atoms with van der Waals surface area (Å²) in [6.45, 7) is 14.0. The first-order valence-corrected chi connectivity index (χ1v) is 10.2. The third-order valence-electron chi connectivity index (χ3n) is 6.67. The minimum atomic E-state index is 0.0660. The molecule has 0 bridgehead atoms. The number of hydrogen-bond donors (Lipinski definition) is 0. The maximum Gasteiger partial charge on any atom is 0.272 e. The molecule has 1 unspecified atom stereocenters. The second-order valence-corrected chi connectivity index (χ2v) is 9.58. The van der Waals surface area contributed by atoms with Crippen LogP contribution in [0.15, 0.2) is 30.3 Å². The van der Waals surface area contributed by atoms with Gasteiger partial charge in [0.2, 0.25) is 0 Å². The summed E-state index contributed by atoms with van der Waals surface area (Å²) in [6, 6.07) is 8.79. The Labute approximate surface area is 158 Å². The normalized spacial score (nSPS) is 23.0. The molecule has 2 heterocycles. The molecule has 2 nitrogen and oxygen atoms in total. The highest BCUT2D eigenvalue weighted by atomic mass is 15.2. The van der Waals surface area contributed by atoms with Crippen LogP contribution >= 0.6 is 0 Å². The van der Waals surface area contributed by atoms with Gasteiger partial charge in [0.1, 0.15) is 11.4 Å². The number of allylic oxidation sites excluding steroid dienone is 1. The second-order valence-electron chi connectivity index (χ2n) is 9.58. The van der Waals surface area contributed by atoms with Crippen LogP contribution in [0.3, 0.4) is 0 Å². The molecule has 4 rings (SSSR count). The number of hydrogen-bond acceptors (Lipinski definition) is 0. The number of aryl methyl sites for hydroxylation is 1. The van der Waals surface area contributed by atoms with E-state index in [-0.39, 0.29) is 10.8 Å². The average molecular weight is 350 g/mol. The van der Waals surface area contributed by atoms with Gasteiger partial charge in [0.05, 0.1) is 17.0 Å². The predicted molar refractivity (Wildman–Crippen MR) is 109 cm³/mol. The molecule has 1 aliphatic heterocycles. The van der Waals surface area contributed by atoms with Gasteiger partial charge < -0.3 is 0 Å². The number of para-hydroxylation sites is 1. The second kappa shape index (κ2) is 5.84. The van der Waals surface area contributed by atoms with Crippen molar-refractivity contribution in [2.45, 2.75) is 78.1 Å². The van der Waals surface area contributed by atoms with Crippen LogP contribution in [0.4, 0.5) is 0 Å². The number of aromatic nitrogens is 2. The number of rotatable bonds is 2. The van der Waals surface area contributed by atoms with E-state index in [0.29, 0.717) is 0 Å². The van der Waals surface area contributed by atoms with Crippen LogP contribution < -0.4 is 4.57 Å². The van der Waals surface area contributed by atoms with Gasteiger partial charge in [-0.25, -0.2) is 4.57 Å². The SMILES string of the molecule is Cc1ccccc1-n1c(C)c2[n+](c1C(C)(C)C)C=CC2(C)C1CCCC1. The van der Waals surface area contributed by atoms with Crippen molar-refractivity contribution in [3.8, 4) is 5.69 Å². The molecule has 2 aromatic rings. The van der Waals surface area contributed by atoms with Gasteiger partial charge in [-0.3, -0.25) is 0 Å². The maximum atomic E-state index is 2.53. The van der Waals surface area contributed by atoms with E-state index in [9.17, 15) is 0 Å². The zero-order valence-corrected chi connectivity index (χ0v) is 17.3. The first kappa shape index (κ1) is 17.6. The fourth-order valence-corrected chi connectivity index (χ4v) is 5.42. The fourth-order valence-electron chi connectivity index (χ4n) is 5.42. The largest absolute Gasteiger partial charge is 0.272 e. The number of fused-ring (bicyclic) bond motifs is 1. The van der Waals surface area contributed by atoms with Gasteiger partial charge >= 0.3 is 0 Å². The molecule has 1 aliphatic carbocycles. The predicted octanol–water partition coefficient (Wildman–Crippen LogP) is 5.61. The topological polar surface area (TPSA) is 8.81 Å². The summed E-state index contributed by atoms with van der Waals surface area (Å²) < 4.78 is 5.04. The Morgan fingerprint density at radius 3 is 2.35 bits per heavy atom. The van der Waals surface area contributed by atoms with Crippen LogP contribution in [0, 0.1) is 19.8 Å². The van der Waals surface area contributed by atoms with E-state index in [2.05, 4.69) is 87.2 Å². The molecule has 2 aliphatic rings. The lowest BCUT2D eigenvalue weighted by molar-refractivity contribution is -0.587. The van der Waals surface area contributed by atoms with Gasteiger partial charge in [-0.05, 0) is 71.1 Å². The Bertz CT molecular complexity index is 872. The van der Waals surface area contributed by atoms with Crippen molar-refractivity contribution in [1.29, 1.82) is 0 Å². The highest BCUT2D eigenvalue weighted by Gasteiger charge is 2.50. The van der Waals surface area contributed by atoms with Gasteiger partial charge in [-0.15, -0.1) is 0 Å². The highest BCUT2D eigenvalue weighted by Crippen LogP contribution is 2.46. The van der Waals surface area contributed by atoms with Crippen molar-refractivity contribution >= 4 is 6.20 Å². The van der Waals surface area contributed by atoms with E-state index in [1.807, 2.05) is 0 Å². The first-order chi connectivity index (χ1) is 12.2. The van der Waals surface area contributed by atoms with E-state index in [1.165, 1.54) is 54.1 Å². The van der Waals surface area contributed by atoms with Crippen LogP contribution in [-0.2, 0) is 10.8 Å². The lowest BCUT2D eigenvalue weighted by Crippen LogP contribution is -2.42. The maximum absolute atomic E-state index is 2.53. The van der Waals surface area contributed by atoms with Crippen molar-refractivity contribution < 1.29 is 4.57 Å². The van der Waals surface area contributed by atoms with Crippen molar-refractivity contribution in [3.63, 3.8) is 0 Å². The van der Waals surface area contributed by atoms with Crippen molar-refractivity contribution in [1.82, 2.24) is 4.57 Å². The summed E-state index contributed by atoms with van der Waals surface area (Å²) in [5.41, 5.74) is 5.80. The van der Waals surface area contributed by atoms with Gasteiger partial charge in [-0.2, -0.15) is 4.57 Å². The number of imidazole rings is 1. The van der Waals surface area contributed by atoms with Gasteiger partial charge in [0.15, 0.2) is 5.69 Å². The molecule has 1 aromatic carbocycles. The van der Waals surface area contributed by atoms with E-state index >= 15 is 0 Å². The van der Waals surface area contributed by atoms with Crippen LogP contribution in [0.1, 0.15) is 76.2 Å². The number of nitrogens with zero attached hydrogens (tertiary/aromatic N) is 2. The molecule has 138 valence electrons. The fraction of sp³-hybridized carbons (Fsp3) is 0.542. The van der Waals surface area contributed by atoms with Gasteiger partial charge in [-0.1, -0.05) is 31.0 Å². The Kier molecular flexibility index (Phi) is 3.95. The van der Waals surface area contributed by atoms with Crippen molar-refractivity contribution in [2.75, 3.05) is 0 Å². The van der Waals surface area contributed by atoms with E-state index in [0.717, 1.165) is 5.92 Å². The zero-order chi connectivity index (χ0) is 18.7. The smallest absolute Gasteiger partial charge is 0.202 e. The summed E-state index contributed by atoms with van der Waals surface area (Å²) in [5, 5.41) is 0. The average Bonchev–Trinajstić information content (AvgIpc) is 3.26. The molecule has 1 aromatic heterocycles.